The summed E-state index contributed by atoms with van der Waals surface area (Å²) in [5, 5.41) is 0. The number of ketones is 2. The van der Waals surface area contributed by atoms with E-state index in [9.17, 15) is 22.8 Å². The van der Waals surface area contributed by atoms with Crippen LogP contribution in [0.1, 0.15) is 99.2 Å². The monoisotopic (exact) mass is 484 g/mol. The number of rotatable bonds is 2. The molecule has 0 atom stereocenters. The first-order chi connectivity index (χ1) is 14.0. The van der Waals surface area contributed by atoms with E-state index in [1.165, 1.54) is 6.07 Å². The summed E-state index contributed by atoms with van der Waals surface area (Å²) in [5.74, 6) is -0.701. The van der Waals surface area contributed by atoms with Crippen molar-refractivity contribution in [3.8, 4) is 0 Å². The minimum atomic E-state index is -4.44. The highest BCUT2D eigenvalue weighted by atomic mass is 79.9. The molecule has 2 nitrogen and oxygen atoms in total. The minimum absolute atomic E-state index is 0.0840. The van der Waals surface area contributed by atoms with Crippen molar-refractivity contribution in [2.24, 2.45) is 0 Å². The molecule has 0 spiro atoms. The normalized spacial score (nSPS) is 27.8. The third-order valence-corrected chi connectivity index (χ3v) is 7.38. The Morgan fingerprint density at radius 2 is 1.37 bits per heavy atom. The summed E-state index contributed by atoms with van der Waals surface area (Å²) < 4.78 is 41.1. The average Bonchev–Trinajstić information content (AvgIpc) is 2.65. The van der Waals surface area contributed by atoms with Crippen molar-refractivity contribution in [1.29, 1.82) is 0 Å². The van der Waals surface area contributed by atoms with Crippen LogP contribution in [0.25, 0.3) is 0 Å². The predicted molar refractivity (Wildman–Crippen MR) is 118 cm³/mol. The molecule has 2 saturated carbocycles. The molecule has 2 fully saturated rings. The zero-order valence-corrected chi connectivity index (χ0v) is 19.1. The summed E-state index contributed by atoms with van der Waals surface area (Å²) in [6, 6.07) is 4.29. The van der Waals surface area contributed by atoms with Gasteiger partial charge in [-0.1, -0.05) is 47.7 Å². The van der Waals surface area contributed by atoms with Gasteiger partial charge in [0.25, 0.3) is 0 Å². The molecule has 3 rings (SSSR count). The van der Waals surface area contributed by atoms with E-state index in [4.69, 9.17) is 0 Å². The number of halogens is 4. The Kier molecular flexibility index (Phi) is 7.52. The lowest BCUT2D eigenvalue weighted by Gasteiger charge is -2.27. The van der Waals surface area contributed by atoms with Crippen molar-refractivity contribution < 1.29 is 22.8 Å². The number of Topliss-reactive ketones (excluding diaryl/α,β-unsaturated/α-hetero) is 2. The summed E-state index contributed by atoms with van der Waals surface area (Å²) in [7, 11) is 2.22. The van der Waals surface area contributed by atoms with Crippen LogP contribution in [0.2, 0.25) is 0 Å². The highest BCUT2D eigenvalue weighted by Gasteiger charge is 2.34. The SMILES string of the molecule is BC1(Br)CCCCC(c2cc(C3CC(=O)CC(=O)C3)cc(C(F)(F)F)c2)CCCC1. The molecule has 0 saturated heterocycles. The van der Waals surface area contributed by atoms with Crippen LogP contribution in [0.3, 0.4) is 0 Å². The van der Waals surface area contributed by atoms with Gasteiger partial charge >= 0.3 is 6.18 Å². The van der Waals surface area contributed by atoms with Crippen LogP contribution in [-0.2, 0) is 15.8 Å². The molecule has 0 N–H and O–H groups in total. The van der Waals surface area contributed by atoms with Crippen molar-refractivity contribution in [2.45, 2.75) is 92.9 Å². The molecule has 2 aliphatic rings. The molecule has 0 unspecified atom stereocenters. The number of hydrogen-bond acceptors (Lipinski definition) is 2. The van der Waals surface area contributed by atoms with Crippen LogP contribution in [0, 0.1) is 0 Å². The van der Waals surface area contributed by atoms with Crippen LogP contribution in [0.5, 0.6) is 0 Å². The molecule has 1 aromatic rings. The third-order valence-electron chi connectivity index (χ3n) is 6.59. The van der Waals surface area contributed by atoms with Gasteiger partial charge in [-0.3, -0.25) is 9.59 Å². The van der Waals surface area contributed by atoms with Gasteiger partial charge in [0.2, 0.25) is 0 Å². The van der Waals surface area contributed by atoms with Gasteiger partial charge < -0.3 is 0 Å². The number of carbonyl (C=O) groups is 2. The Morgan fingerprint density at radius 1 is 0.867 bits per heavy atom. The quantitative estimate of drug-likeness (QED) is 0.290. The number of benzene rings is 1. The molecule has 30 heavy (non-hydrogen) atoms. The molecule has 0 amide bonds. The summed E-state index contributed by atoms with van der Waals surface area (Å²) in [5.41, 5.74) is 0.546. The molecule has 7 heteroatoms. The molecule has 0 radical (unpaired) electrons. The molecule has 2 aliphatic carbocycles. The first-order valence-corrected chi connectivity index (χ1v) is 11.8. The fourth-order valence-corrected chi connectivity index (χ4v) is 5.47. The van der Waals surface area contributed by atoms with E-state index >= 15 is 0 Å². The van der Waals surface area contributed by atoms with E-state index in [1.807, 2.05) is 6.07 Å². The van der Waals surface area contributed by atoms with Crippen LogP contribution in [0.4, 0.5) is 13.2 Å². The summed E-state index contributed by atoms with van der Waals surface area (Å²) >= 11 is 3.81. The standard InChI is InChI=1S/C23H29BBrF3O2/c24-22(25)7-3-1-5-15(6-2-4-8-22)16-9-17(11-19(10-16)23(26,27)28)18-12-20(29)14-21(30)13-18/h9-11,15,18H,1-8,12-14,24H2. The van der Waals surface area contributed by atoms with Crippen molar-refractivity contribution in [3.63, 3.8) is 0 Å². The molecular weight excluding hydrogens is 456 g/mol. The molecule has 0 bridgehead atoms. The highest BCUT2D eigenvalue weighted by molar-refractivity contribution is 9.10. The Labute approximate surface area is 185 Å². The second kappa shape index (κ2) is 9.58. The van der Waals surface area contributed by atoms with Gasteiger partial charge in [0.1, 0.15) is 19.4 Å². The van der Waals surface area contributed by atoms with Crippen LogP contribution in [0.15, 0.2) is 18.2 Å². The van der Waals surface area contributed by atoms with Gasteiger partial charge in [0.15, 0.2) is 0 Å². The van der Waals surface area contributed by atoms with E-state index in [0.717, 1.165) is 57.4 Å². The maximum atomic E-state index is 13.6. The van der Waals surface area contributed by atoms with Gasteiger partial charge in [-0.25, -0.2) is 0 Å². The molecule has 164 valence electrons. The Bertz CT molecular complexity index is 761. The van der Waals surface area contributed by atoms with E-state index in [0.29, 0.717) is 11.1 Å². The van der Waals surface area contributed by atoms with Crippen LogP contribution in [-0.4, -0.2) is 23.6 Å². The topological polar surface area (TPSA) is 34.1 Å². The van der Waals surface area contributed by atoms with Crippen LogP contribution < -0.4 is 0 Å². The summed E-state index contributed by atoms with van der Waals surface area (Å²) in [4.78, 5) is 23.8. The first-order valence-electron chi connectivity index (χ1n) is 11.0. The van der Waals surface area contributed by atoms with Gasteiger partial charge in [-0.05, 0) is 65.0 Å². The smallest absolute Gasteiger partial charge is 0.299 e. The Hall–Kier alpha value is -1.11. The lowest BCUT2D eigenvalue weighted by molar-refractivity contribution is -0.137. The molecule has 0 aromatic heterocycles. The Balaban J connectivity index is 1.88. The fourth-order valence-electron chi connectivity index (χ4n) is 4.90. The predicted octanol–water partition coefficient (Wildman–Crippen LogP) is 6.05. The molecule has 1 aromatic carbocycles. The van der Waals surface area contributed by atoms with Crippen molar-refractivity contribution in [2.75, 3.05) is 0 Å². The van der Waals surface area contributed by atoms with Crippen molar-refractivity contribution in [1.82, 2.24) is 0 Å². The summed E-state index contributed by atoms with van der Waals surface area (Å²) in [6.45, 7) is 0. The first kappa shape index (κ1) is 23.6. The largest absolute Gasteiger partial charge is 0.416 e. The minimum Gasteiger partial charge on any atom is -0.299 e. The molecule has 0 heterocycles. The van der Waals surface area contributed by atoms with Gasteiger partial charge in [0, 0.05) is 12.8 Å². The van der Waals surface area contributed by atoms with E-state index in [1.54, 1.807) is 0 Å². The second-order valence-electron chi connectivity index (χ2n) is 9.35. The zero-order chi connectivity index (χ0) is 21.9. The van der Waals surface area contributed by atoms with Crippen LogP contribution >= 0.6 is 15.9 Å². The summed E-state index contributed by atoms with van der Waals surface area (Å²) in [6.07, 6.45) is 3.72. The van der Waals surface area contributed by atoms with Crippen molar-refractivity contribution >= 4 is 35.3 Å². The highest BCUT2D eigenvalue weighted by Crippen LogP contribution is 2.40. The maximum absolute atomic E-state index is 13.6. The zero-order valence-electron chi connectivity index (χ0n) is 17.5. The lowest BCUT2D eigenvalue weighted by Crippen LogP contribution is -2.22. The number of hydrogen-bond donors (Lipinski definition) is 0. The fraction of sp³-hybridized carbons (Fsp3) is 0.652. The van der Waals surface area contributed by atoms with Gasteiger partial charge in [-0.2, -0.15) is 13.2 Å². The Morgan fingerprint density at radius 3 is 1.87 bits per heavy atom. The van der Waals surface area contributed by atoms with E-state index < -0.39 is 17.7 Å². The lowest BCUT2D eigenvalue weighted by atomic mass is 9.76. The average molecular weight is 485 g/mol. The molecule has 0 aliphatic heterocycles. The second-order valence-corrected chi connectivity index (χ2v) is 11.3. The number of carbonyl (C=O) groups excluding carboxylic acids is 2. The third kappa shape index (κ3) is 6.45. The van der Waals surface area contributed by atoms with Gasteiger partial charge in [-0.15, -0.1) is 0 Å². The van der Waals surface area contributed by atoms with E-state index in [2.05, 4.69) is 23.8 Å². The van der Waals surface area contributed by atoms with E-state index in [-0.39, 0.29) is 41.0 Å². The van der Waals surface area contributed by atoms with Crippen molar-refractivity contribution in [3.05, 3.63) is 34.9 Å². The number of alkyl halides is 4. The van der Waals surface area contributed by atoms with Gasteiger partial charge in [0.05, 0.1) is 12.0 Å². The molecular formula is C23H29BBrF3O2. The maximum Gasteiger partial charge on any atom is 0.416 e.